The number of benzene rings is 2. The fourth-order valence-electron chi connectivity index (χ4n) is 13.4. The van der Waals surface area contributed by atoms with Crippen LogP contribution in [0.2, 0.25) is 0 Å². The third kappa shape index (κ3) is 11.1. The van der Waals surface area contributed by atoms with Crippen molar-refractivity contribution in [2.24, 2.45) is 46.3 Å². The van der Waals surface area contributed by atoms with Gasteiger partial charge in [0, 0.05) is 38.0 Å². The Balaban J connectivity index is 0.841. The predicted molar refractivity (Wildman–Crippen MR) is 258 cm³/mol. The van der Waals surface area contributed by atoms with Gasteiger partial charge in [0.05, 0.1) is 6.54 Å². The van der Waals surface area contributed by atoms with Crippen molar-refractivity contribution >= 4 is 24.0 Å². The van der Waals surface area contributed by atoms with Crippen molar-refractivity contribution in [3.8, 4) is 11.1 Å². The van der Waals surface area contributed by atoms with Crippen LogP contribution in [0.1, 0.15) is 156 Å². The maximum Gasteiger partial charge on any atom is 0.410 e. The van der Waals surface area contributed by atoms with Crippen molar-refractivity contribution in [2.75, 3.05) is 32.8 Å². The summed E-state index contributed by atoms with van der Waals surface area (Å²) in [7, 11) is 0. The molecule has 0 saturated heterocycles. The quantitative estimate of drug-likeness (QED) is 0.107. The molecule has 0 bridgehead atoms. The smallest absolute Gasteiger partial charge is 0.410 e. The zero-order valence-corrected chi connectivity index (χ0v) is 40.9. The van der Waals surface area contributed by atoms with Crippen LogP contribution in [0, 0.1) is 46.3 Å². The molecule has 8 atom stereocenters. The second kappa shape index (κ2) is 20.7. The standard InChI is InChI=1S/C55H80N4O6/c1-36(2)15-13-16-37(3)46-23-24-47-44-22-21-38-33-39(25-28-54(38,7)48(44)26-29-55(46,47)8)59(52(63)65-53(4,5)6)32-14-30-56-49(60)27-31-57-50(61)34-58-51(62)64-35-45-42-19-11-9-17-40(42)41-18-10-12-20-43(41)45/h9-12,17-21,36-37,39,44-48H,13-16,22-35H2,1-8H3,(H,56,60)(H,57,61)(H,58,62)/t37-,39+,44?,46-,47?,48?,54+,55-/m1/s1. The summed E-state index contributed by atoms with van der Waals surface area (Å²) in [6.07, 6.45) is 16.0. The molecule has 0 spiro atoms. The van der Waals surface area contributed by atoms with Gasteiger partial charge in [-0.2, -0.15) is 0 Å². The number of nitrogens with one attached hydrogen (secondary N) is 3. The maximum atomic E-state index is 13.8. The number of fused-ring (bicyclic) bond motifs is 8. The molecule has 0 radical (unpaired) electrons. The minimum absolute atomic E-state index is 0.0603. The minimum atomic E-state index is -0.668. The van der Waals surface area contributed by atoms with Crippen molar-refractivity contribution < 1.29 is 28.7 Å². The summed E-state index contributed by atoms with van der Waals surface area (Å²) >= 11 is 0. The Morgan fingerprint density at radius 2 is 1.49 bits per heavy atom. The summed E-state index contributed by atoms with van der Waals surface area (Å²) in [6, 6.07) is 16.3. The van der Waals surface area contributed by atoms with E-state index in [1.165, 1.54) is 51.4 Å². The van der Waals surface area contributed by atoms with Crippen LogP contribution in [0.5, 0.6) is 0 Å². The summed E-state index contributed by atoms with van der Waals surface area (Å²) in [4.78, 5) is 53.6. The van der Waals surface area contributed by atoms with E-state index in [0.29, 0.717) is 30.8 Å². The molecule has 356 valence electrons. The molecule has 3 N–H and O–H groups in total. The van der Waals surface area contributed by atoms with Crippen molar-refractivity contribution in [3.05, 3.63) is 71.3 Å². The number of alkyl carbamates (subject to hydrolysis) is 1. The molecule has 3 fully saturated rings. The zero-order chi connectivity index (χ0) is 46.5. The number of ether oxygens (including phenoxy) is 2. The van der Waals surface area contributed by atoms with E-state index < -0.39 is 17.6 Å². The summed E-state index contributed by atoms with van der Waals surface area (Å²) in [5.41, 5.74) is 6.10. The Labute approximate surface area is 390 Å². The highest BCUT2D eigenvalue weighted by molar-refractivity contribution is 5.83. The Kier molecular flexibility index (Phi) is 15.5. The summed E-state index contributed by atoms with van der Waals surface area (Å²) in [5.74, 6) is 4.07. The first-order chi connectivity index (χ1) is 31.0. The molecule has 0 heterocycles. The van der Waals surface area contributed by atoms with E-state index in [9.17, 15) is 19.2 Å². The first-order valence-corrected chi connectivity index (χ1v) is 25.3. The van der Waals surface area contributed by atoms with Gasteiger partial charge in [-0.3, -0.25) is 9.59 Å². The highest BCUT2D eigenvalue weighted by atomic mass is 16.6. The van der Waals surface area contributed by atoms with Gasteiger partial charge in [-0.25, -0.2) is 9.59 Å². The van der Waals surface area contributed by atoms with Crippen LogP contribution in [0.3, 0.4) is 0 Å². The molecule has 0 aromatic heterocycles. The number of hydrogen-bond acceptors (Lipinski definition) is 6. The van der Waals surface area contributed by atoms with Gasteiger partial charge >= 0.3 is 12.2 Å². The van der Waals surface area contributed by atoms with E-state index in [0.717, 1.165) is 71.1 Å². The van der Waals surface area contributed by atoms with Crippen LogP contribution >= 0.6 is 0 Å². The lowest BCUT2D eigenvalue weighted by atomic mass is 9.46. The number of hydrogen-bond donors (Lipinski definition) is 3. The summed E-state index contributed by atoms with van der Waals surface area (Å²) < 4.78 is 11.5. The molecule has 7 rings (SSSR count). The normalized spacial score (nSPS) is 27.2. The van der Waals surface area contributed by atoms with Crippen molar-refractivity contribution in [1.82, 2.24) is 20.9 Å². The maximum absolute atomic E-state index is 13.8. The van der Waals surface area contributed by atoms with E-state index in [1.54, 1.807) is 5.57 Å². The molecule has 0 aliphatic heterocycles. The Hall–Kier alpha value is -4.34. The van der Waals surface area contributed by atoms with E-state index in [1.807, 2.05) is 49.9 Å². The molecule has 3 saturated carbocycles. The monoisotopic (exact) mass is 893 g/mol. The first-order valence-electron chi connectivity index (χ1n) is 25.3. The Morgan fingerprint density at radius 3 is 2.18 bits per heavy atom. The van der Waals surface area contributed by atoms with E-state index in [4.69, 9.17) is 9.47 Å². The number of rotatable bonds is 17. The molecular formula is C55H80N4O6. The molecule has 65 heavy (non-hydrogen) atoms. The topological polar surface area (TPSA) is 126 Å². The van der Waals surface area contributed by atoms with Gasteiger partial charge in [-0.1, -0.05) is 114 Å². The van der Waals surface area contributed by atoms with E-state index >= 15 is 0 Å². The number of allylic oxidation sites excluding steroid dienone is 1. The van der Waals surface area contributed by atoms with Gasteiger partial charge in [-0.15, -0.1) is 0 Å². The van der Waals surface area contributed by atoms with E-state index in [-0.39, 0.29) is 55.5 Å². The van der Waals surface area contributed by atoms with Crippen molar-refractivity contribution in [2.45, 2.75) is 156 Å². The first kappa shape index (κ1) is 48.6. The third-order valence-electron chi connectivity index (χ3n) is 16.7. The molecule has 2 aromatic rings. The SMILES string of the molecule is CC(C)CCC[C@@H](C)[C@H]1CCC2C3CC=C4C[C@@H](N(CCCNC(=O)CCNC(=O)CNC(=O)OCC5c6ccccc6-c6ccccc65)C(=O)OC(C)(C)C)CC[C@]4(C)C3CC[C@@]21C. The Bertz CT molecular complexity index is 2000. The van der Waals surface area contributed by atoms with Gasteiger partial charge in [-0.05, 0) is 147 Å². The lowest BCUT2D eigenvalue weighted by Crippen LogP contribution is -2.53. The van der Waals surface area contributed by atoms with Crippen molar-refractivity contribution in [1.29, 1.82) is 0 Å². The molecule has 2 aromatic carbocycles. The lowest BCUT2D eigenvalue weighted by Gasteiger charge is -2.59. The lowest BCUT2D eigenvalue weighted by molar-refractivity contribution is -0.122. The average molecular weight is 893 g/mol. The van der Waals surface area contributed by atoms with E-state index in [2.05, 4.69) is 80.9 Å². The van der Waals surface area contributed by atoms with Crippen molar-refractivity contribution in [3.63, 3.8) is 0 Å². The molecule has 4 amide bonds. The molecule has 5 aliphatic rings. The predicted octanol–water partition coefficient (Wildman–Crippen LogP) is 11.2. The van der Waals surface area contributed by atoms with Gasteiger partial charge in [0.2, 0.25) is 11.8 Å². The number of amides is 4. The highest BCUT2D eigenvalue weighted by Crippen LogP contribution is 2.67. The third-order valence-corrected chi connectivity index (χ3v) is 16.7. The van der Waals surface area contributed by atoms with Crippen LogP contribution in [-0.2, 0) is 19.1 Å². The van der Waals surface area contributed by atoms with Gasteiger partial charge in [0.1, 0.15) is 12.2 Å². The van der Waals surface area contributed by atoms with Crippen LogP contribution in [-0.4, -0.2) is 73.3 Å². The molecule has 10 heteroatoms. The van der Waals surface area contributed by atoms with Crippen LogP contribution < -0.4 is 16.0 Å². The Morgan fingerprint density at radius 1 is 0.800 bits per heavy atom. The molecule has 10 nitrogen and oxygen atoms in total. The average Bonchev–Trinajstić information content (AvgIpc) is 3.78. The van der Waals surface area contributed by atoms with Crippen LogP contribution in [0.15, 0.2) is 60.2 Å². The van der Waals surface area contributed by atoms with Gasteiger partial charge in [0.15, 0.2) is 0 Å². The molecule has 3 unspecified atom stereocenters. The number of carbonyl (C=O) groups excluding carboxylic acids is 4. The van der Waals surface area contributed by atoms with Gasteiger partial charge < -0.3 is 30.3 Å². The molecular weight excluding hydrogens is 813 g/mol. The summed E-state index contributed by atoms with van der Waals surface area (Å²) in [5, 5.41) is 8.20. The highest BCUT2D eigenvalue weighted by Gasteiger charge is 2.59. The fourth-order valence-corrected chi connectivity index (χ4v) is 13.4. The second-order valence-corrected chi connectivity index (χ2v) is 22.3. The molecule has 5 aliphatic carbocycles. The largest absolute Gasteiger partial charge is 0.449 e. The second-order valence-electron chi connectivity index (χ2n) is 22.3. The minimum Gasteiger partial charge on any atom is -0.449 e. The van der Waals surface area contributed by atoms with Crippen LogP contribution in [0.25, 0.3) is 11.1 Å². The zero-order valence-electron chi connectivity index (χ0n) is 40.9. The fraction of sp³-hybridized carbons (Fsp3) is 0.673. The van der Waals surface area contributed by atoms with Gasteiger partial charge in [0.25, 0.3) is 0 Å². The number of nitrogens with zero attached hydrogens (tertiary/aromatic N) is 1. The van der Waals surface area contributed by atoms with Crippen LogP contribution in [0.4, 0.5) is 9.59 Å². The number of carbonyl (C=O) groups is 4. The summed E-state index contributed by atoms with van der Waals surface area (Å²) in [6.45, 7) is 19.2.